The third-order valence-corrected chi connectivity index (χ3v) is 3.37. The Bertz CT molecular complexity index is 461. The van der Waals surface area contributed by atoms with Crippen LogP contribution in [0.2, 0.25) is 0 Å². The van der Waals surface area contributed by atoms with Crippen LogP contribution in [0.1, 0.15) is 38.9 Å². The van der Waals surface area contributed by atoms with E-state index in [4.69, 9.17) is 9.84 Å². The Morgan fingerprint density at radius 2 is 1.86 bits per heavy atom. The monoisotopic (exact) mass is 293 g/mol. The summed E-state index contributed by atoms with van der Waals surface area (Å²) in [6.45, 7) is 5.64. The van der Waals surface area contributed by atoms with Crippen LogP contribution in [0.5, 0.6) is 0 Å². The number of ether oxygens (including phenoxy) is 1. The van der Waals surface area contributed by atoms with E-state index in [9.17, 15) is 9.59 Å². The average molecular weight is 293 g/mol. The highest BCUT2D eigenvalue weighted by Gasteiger charge is 2.30. The van der Waals surface area contributed by atoms with Gasteiger partial charge in [-0.25, -0.2) is 0 Å². The second kappa shape index (κ2) is 8.42. The summed E-state index contributed by atoms with van der Waals surface area (Å²) < 4.78 is 5.56. The van der Waals surface area contributed by atoms with Crippen LogP contribution in [-0.2, 0) is 14.3 Å². The largest absolute Gasteiger partial charge is 0.480 e. The smallest absolute Gasteiger partial charge is 0.323 e. The van der Waals surface area contributed by atoms with Crippen molar-refractivity contribution in [2.24, 2.45) is 0 Å². The molecule has 2 unspecified atom stereocenters. The van der Waals surface area contributed by atoms with Crippen molar-refractivity contribution in [2.45, 2.75) is 39.3 Å². The Hall–Kier alpha value is -1.88. The third-order valence-electron chi connectivity index (χ3n) is 3.37. The molecule has 1 N–H and O–H groups in total. The standard InChI is InChI=1S/C16H23NO4/c1-4-12(3)17(11-14(18)19)16(20)15(21-5-2)13-9-7-6-8-10-13/h6-10,12,15H,4-5,11H2,1-3H3,(H,18,19). The van der Waals surface area contributed by atoms with Crippen LogP contribution >= 0.6 is 0 Å². The Labute approximate surface area is 125 Å². The molecule has 0 fully saturated rings. The zero-order chi connectivity index (χ0) is 15.8. The van der Waals surface area contributed by atoms with E-state index in [2.05, 4.69) is 0 Å². The highest BCUT2D eigenvalue weighted by molar-refractivity contribution is 5.86. The van der Waals surface area contributed by atoms with E-state index in [1.165, 1.54) is 4.90 Å². The molecule has 1 aromatic carbocycles. The summed E-state index contributed by atoms with van der Waals surface area (Å²) in [5, 5.41) is 9.02. The molecule has 0 bridgehead atoms. The topological polar surface area (TPSA) is 66.8 Å². The maximum Gasteiger partial charge on any atom is 0.323 e. The van der Waals surface area contributed by atoms with Gasteiger partial charge in [0.25, 0.3) is 5.91 Å². The summed E-state index contributed by atoms with van der Waals surface area (Å²) in [5.74, 6) is -1.33. The predicted octanol–water partition coefficient (Wildman–Crippen LogP) is 2.48. The van der Waals surface area contributed by atoms with Gasteiger partial charge in [0.15, 0.2) is 6.10 Å². The first-order valence-corrected chi connectivity index (χ1v) is 7.20. The number of carboxylic acid groups (broad SMARTS) is 1. The van der Waals surface area contributed by atoms with Crippen molar-refractivity contribution in [2.75, 3.05) is 13.2 Å². The van der Waals surface area contributed by atoms with Crippen molar-refractivity contribution in [3.05, 3.63) is 35.9 Å². The van der Waals surface area contributed by atoms with Gasteiger partial charge >= 0.3 is 5.97 Å². The van der Waals surface area contributed by atoms with Gasteiger partial charge in [0.2, 0.25) is 0 Å². The first kappa shape index (κ1) is 17.2. The molecule has 2 atom stereocenters. The van der Waals surface area contributed by atoms with Crippen molar-refractivity contribution in [1.82, 2.24) is 4.90 Å². The SMILES string of the molecule is CCOC(C(=O)N(CC(=O)O)C(C)CC)c1ccccc1. The molecular weight excluding hydrogens is 270 g/mol. The van der Waals surface area contributed by atoms with E-state index in [-0.39, 0.29) is 18.5 Å². The third kappa shape index (κ3) is 4.86. The minimum Gasteiger partial charge on any atom is -0.480 e. The Kier molecular flexibility index (Phi) is 6.88. The lowest BCUT2D eigenvalue weighted by atomic mass is 10.1. The molecule has 5 heteroatoms. The minimum atomic E-state index is -1.02. The number of hydrogen-bond donors (Lipinski definition) is 1. The van der Waals surface area contributed by atoms with Gasteiger partial charge in [-0.15, -0.1) is 0 Å². The lowest BCUT2D eigenvalue weighted by Crippen LogP contribution is -2.44. The fourth-order valence-corrected chi connectivity index (χ4v) is 2.07. The fraction of sp³-hybridized carbons (Fsp3) is 0.500. The van der Waals surface area contributed by atoms with E-state index < -0.39 is 12.1 Å². The lowest BCUT2D eigenvalue weighted by molar-refractivity contribution is -0.153. The lowest BCUT2D eigenvalue weighted by Gasteiger charge is -2.30. The molecule has 21 heavy (non-hydrogen) atoms. The number of carbonyl (C=O) groups is 2. The van der Waals surface area contributed by atoms with Gasteiger partial charge < -0.3 is 14.7 Å². The van der Waals surface area contributed by atoms with Gasteiger partial charge in [-0.3, -0.25) is 9.59 Å². The van der Waals surface area contributed by atoms with Gasteiger partial charge in [0.05, 0.1) is 0 Å². The van der Waals surface area contributed by atoms with E-state index in [0.717, 1.165) is 5.56 Å². The molecule has 0 aromatic heterocycles. The summed E-state index contributed by atoms with van der Waals surface area (Å²) >= 11 is 0. The van der Waals surface area contributed by atoms with Crippen molar-refractivity contribution in [3.63, 3.8) is 0 Å². The summed E-state index contributed by atoms with van der Waals surface area (Å²) in [7, 11) is 0. The number of amides is 1. The van der Waals surface area contributed by atoms with Crippen molar-refractivity contribution < 1.29 is 19.4 Å². The van der Waals surface area contributed by atoms with Crippen LogP contribution in [0.25, 0.3) is 0 Å². The van der Waals surface area contributed by atoms with Crippen LogP contribution in [0, 0.1) is 0 Å². The molecule has 1 amide bonds. The molecule has 0 heterocycles. The van der Waals surface area contributed by atoms with Crippen molar-refractivity contribution >= 4 is 11.9 Å². The van der Waals surface area contributed by atoms with Gasteiger partial charge in [0.1, 0.15) is 6.54 Å². The molecule has 0 saturated heterocycles. The summed E-state index contributed by atoms with van der Waals surface area (Å²) in [5.41, 5.74) is 0.739. The molecule has 0 spiro atoms. The minimum absolute atomic E-state index is 0.153. The number of carboxylic acids is 1. The molecule has 0 aliphatic rings. The van der Waals surface area contributed by atoms with Crippen LogP contribution < -0.4 is 0 Å². The number of rotatable bonds is 8. The van der Waals surface area contributed by atoms with Crippen molar-refractivity contribution in [3.8, 4) is 0 Å². The average Bonchev–Trinajstić information content (AvgIpc) is 2.49. The highest BCUT2D eigenvalue weighted by Crippen LogP contribution is 2.21. The number of aliphatic carboxylic acids is 1. The molecule has 0 aliphatic heterocycles. The maximum atomic E-state index is 12.7. The second-order valence-electron chi connectivity index (χ2n) is 4.86. The molecule has 0 saturated carbocycles. The maximum absolute atomic E-state index is 12.7. The summed E-state index contributed by atoms with van der Waals surface area (Å²) in [6, 6.07) is 9.00. The van der Waals surface area contributed by atoms with E-state index in [1.807, 2.05) is 51.1 Å². The highest BCUT2D eigenvalue weighted by atomic mass is 16.5. The molecule has 5 nitrogen and oxygen atoms in total. The van der Waals surface area contributed by atoms with E-state index in [0.29, 0.717) is 13.0 Å². The van der Waals surface area contributed by atoms with Gasteiger partial charge in [-0.05, 0) is 25.8 Å². The molecule has 116 valence electrons. The molecule has 1 rings (SSSR count). The zero-order valence-corrected chi connectivity index (χ0v) is 12.8. The normalized spacial score (nSPS) is 13.5. The quantitative estimate of drug-likeness (QED) is 0.799. The fourth-order valence-electron chi connectivity index (χ4n) is 2.07. The van der Waals surface area contributed by atoms with Crippen LogP contribution in [-0.4, -0.2) is 41.1 Å². The Morgan fingerprint density at radius 3 is 2.33 bits per heavy atom. The molecule has 0 aliphatic carbocycles. The Morgan fingerprint density at radius 1 is 1.24 bits per heavy atom. The first-order chi connectivity index (χ1) is 10.0. The van der Waals surface area contributed by atoms with Crippen LogP contribution in [0.15, 0.2) is 30.3 Å². The molecular formula is C16H23NO4. The van der Waals surface area contributed by atoms with Crippen LogP contribution in [0.4, 0.5) is 0 Å². The Balaban J connectivity index is 3.03. The van der Waals surface area contributed by atoms with E-state index >= 15 is 0 Å². The van der Waals surface area contributed by atoms with Gasteiger partial charge in [0, 0.05) is 12.6 Å². The number of benzene rings is 1. The van der Waals surface area contributed by atoms with Crippen LogP contribution in [0.3, 0.4) is 0 Å². The number of nitrogens with zero attached hydrogens (tertiary/aromatic N) is 1. The molecule has 0 radical (unpaired) electrons. The number of hydrogen-bond acceptors (Lipinski definition) is 3. The van der Waals surface area contributed by atoms with Gasteiger partial charge in [-0.2, -0.15) is 0 Å². The first-order valence-electron chi connectivity index (χ1n) is 7.20. The second-order valence-corrected chi connectivity index (χ2v) is 4.86. The number of carbonyl (C=O) groups excluding carboxylic acids is 1. The molecule has 1 aromatic rings. The predicted molar refractivity (Wildman–Crippen MR) is 79.9 cm³/mol. The van der Waals surface area contributed by atoms with Gasteiger partial charge in [-0.1, -0.05) is 37.3 Å². The van der Waals surface area contributed by atoms with Crippen molar-refractivity contribution in [1.29, 1.82) is 0 Å². The summed E-state index contributed by atoms with van der Waals surface area (Å²) in [6.07, 6.45) is -0.0725. The zero-order valence-electron chi connectivity index (χ0n) is 12.8. The summed E-state index contributed by atoms with van der Waals surface area (Å²) in [4.78, 5) is 25.1. The van der Waals surface area contributed by atoms with E-state index in [1.54, 1.807) is 0 Å².